The van der Waals surface area contributed by atoms with E-state index < -0.39 is 0 Å². The van der Waals surface area contributed by atoms with Gasteiger partial charge in [0.2, 0.25) is 0 Å². The van der Waals surface area contributed by atoms with E-state index in [0.717, 1.165) is 24.5 Å². The maximum Gasteiger partial charge on any atom is 0.125 e. The number of nitrogens with zero attached hydrogens (tertiary/aromatic N) is 1. The predicted molar refractivity (Wildman–Crippen MR) is 84.5 cm³/mol. The molecular weight excluding hydrogens is 267 g/mol. The number of halogens is 1. The lowest BCUT2D eigenvalue weighted by Crippen LogP contribution is -2.20. The van der Waals surface area contributed by atoms with Crippen LogP contribution >= 0.6 is 0 Å². The van der Waals surface area contributed by atoms with Gasteiger partial charge in [0, 0.05) is 38.6 Å². The highest BCUT2D eigenvalue weighted by molar-refractivity contribution is 5.65. The molecule has 0 saturated heterocycles. The fourth-order valence-corrected chi connectivity index (χ4v) is 2.21. The third kappa shape index (κ3) is 4.28. The minimum atomic E-state index is -0.227. The van der Waals surface area contributed by atoms with E-state index in [1.54, 1.807) is 13.2 Å². The third-order valence-electron chi connectivity index (χ3n) is 3.35. The Morgan fingerprint density at radius 1 is 1.14 bits per heavy atom. The van der Waals surface area contributed by atoms with Crippen LogP contribution in [0.15, 0.2) is 48.5 Å². The molecule has 0 spiro atoms. The Morgan fingerprint density at radius 3 is 2.71 bits per heavy atom. The molecular formula is C17H21FN2O. The summed E-state index contributed by atoms with van der Waals surface area (Å²) in [7, 11) is 3.64. The molecule has 0 aromatic heterocycles. The first-order chi connectivity index (χ1) is 10.2. The molecule has 21 heavy (non-hydrogen) atoms. The Morgan fingerprint density at radius 2 is 1.95 bits per heavy atom. The van der Waals surface area contributed by atoms with Gasteiger partial charge in [-0.25, -0.2) is 4.39 Å². The maximum absolute atomic E-state index is 13.4. The first-order valence-corrected chi connectivity index (χ1v) is 6.99. The minimum absolute atomic E-state index is 0.227. The smallest absolute Gasteiger partial charge is 0.125 e. The van der Waals surface area contributed by atoms with E-state index in [0.29, 0.717) is 6.61 Å². The number of para-hydroxylation sites is 1. The molecule has 0 aliphatic carbocycles. The predicted octanol–water partition coefficient (Wildman–Crippen LogP) is 3.33. The average molecular weight is 288 g/mol. The molecule has 0 saturated carbocycles. The van der Waals surface area contributed by atoms with Gasteiger partial charge < -0.3 is 15.0 Å². The first-order valence-electron chi connectivity index (χ1n) is 6.99. The molecule has 2 aromatic rings. The van der Waals surface area contributed by atoms with Crippen LogP contribution in [0.1, 0.15) is 5.56 Å². The molecule has 2 rings (SSSR count). The van der Waals surface area contributed by atoms with Crippen molar-refractivity contribution < 1.29 is 9.13 Å². The van der Waals surface area contributed by atoms with E-state index >= 15 is 0 Å². The maximum atomic E-state index is 13.4. The zero-order valence-electron chi connectivity index (χ0n) is 12.5. The van der Waals surface area contributed by atoms with E-state index in [9.17, 15) is 4.39 Å². The summed E-state index contributed by atoms with van der Waals surface area (Å²) in [5, 5.41) is 3.33. The first kappa shape index (κ1) is 15.5. The highest BCUT2D eigenvalue weighted by atomic mass is 19.1. The van der Waals surface area contributed by atoms with Crippen LogP contribution < -0.4 is 10.2 Å². The molecule has 0 aliphatic heterocycles. The summed E-state index contributed by atoms with van der Waals surface area (Å²) in [5.74, 6) is -0.227. The van der Waals surface area contributed by atoms with Crippen molar-refractivity contribution in [1.82, 2.24) is 5.32 Å². The highest BCUT2D eigenvalue weighted by Crippen LogP contribution is 2.27. The Bertz CT molecular complexity index is 574. The number of hydrogen-bond donors (Lipinski definition) is 1. The number of rotatable bonds is 7. The van der Waals surface area contributed by atoms with E-state index in [1.807, 2.05) is 36.2 Å². The number of ether oxygens (including phenoxy) is 1. The average Bonchev–Trinajstić information content (AvgIpc) is 2.51. The van der Waals surface area contributed by atoms with Gasteiger partial charge in [0.1, 0.15) is 5.82 Å². The highest BCUT2D eigenvalue weighted by Gasteiger charge is 2.09. The van der Waals surface area contributed by atoms with Gasteiger partial charge in [-0.1, -0.05) is 24.3 Å². The van der Waals surface area contributed by atoms with Crippen LogP contribution in [0.4, 0.5) is 15.8 Å². The molecule has 2 aromatic carbocycles. The van der Waals surface area contributed by atoms with Crippen LogP contribution in [0.5, 0.6) is 0 Å². The summed E-state index contributed by atoms with van der Waals surface area (Å²) >= 11 is 0. The fourth-order valence-electron chi connectivity index (χ4n) is 2.21. The van der Waals surface area contributed by atoms with Crippen molar-refractivity contribution in [2.75, 3.05) is 32.2 Å². The molecule has 0 bridgehead atoms. The van der Waals surface area contributed by atoms with Crippen molar-refractivity contribution in [2.45, 2.75) is 6.54 Å². The molecule has 0 aliphatic rings. The Balaban J connectivity index is 2.15. The fraction of sp³-hybridized carbons (Fsp3) is 0.294. The lowest BCUT2D eigenvalue weighted by atomic mass is 10.1. The number of hydrogen-bond acceptors (Lipinski definition) is 3. The molecule has 1 N–H and O–H groups in total. The Hall–Kier alpha value is -1.91. The van der Waals surface area contributed by atoms with Gasteiger partial charge in [-0.2, -0.15) is 0 Å². The number of nitrogens with one attached hydrogen (secondary N) is 1. The van der Waals surface area contributed by atoms with Crippen molar-refractivity contribution in [3.63, 3.8) is 0 Å². The molecule has 0 fully saturated rings. The zero-order valence-corrected chi connectivity index (χ0v) is 12.5. The van der Waals surface area contributed by atoms with Crippen LogP contribution in [-0.4, -0.2) is 27.3 Å². The number of methoxy groups -OCH3 is 1. The van der Waals surface area contributed by atoms with Gasteiger partial charge in [-0.15, -0.1) is 0 Å². The van der Waals surface area contributed by atoms with Gasteiger partial charge >= 0.3 is 0 Å². The number of benzene rings is 2. The van der Waals surface area contributed by atoms with Crippen LogP contribution in [0.3, 0.4) is 0 Å². The number of anilines is 2. The molecule has 0 unspecified atom stereocenters. The van der Waals surface area contributed by atoms with Crippen molar-refractivity contribution in [3.8, 4) is 0 Å². The zero-order chi connectivity index (χ0) is 15.1. The molecule has 0 heterocycles. The van der Waals surface area contributed by atoms with E-state index in [1.165, 1.54) is 17.7 Å². The second-order valence-electron chi connectivity index (χ2n) is 4.84. The lowest BCUT2D eigenvalue weighted by molar-refractivity contribution is 0.199. The summed E-state index contributed by atoms with van der Waals surface area (Å²) in [6.07, 6.45) is 0. The molecule has 0 radical (unpaired) electrons. The normalized spacial score (nSPS) is 10.6. The largest absolute Gasteiger partial charge is 0.383 e. The lowest BCUT2D eigenvalue weighted by Gasteiger charge is -2.23. The standard InChI is InChI=1S/C17H21FN2O/c1-20(16-8-5-7-15(18)12-16)17-9-4-3-6-14(17)13-19-10-11-21-2/h3-9,12,19H,10-11,13H2,1-2H3. The van der Waals surface area contributed by atoms with Crippen molar-refractivity contribution in [1.29, 1.82) is 0 Å². The van der Waals surface area contributed by atoms with Crippen LogP contribution in [0, 0.1) is 5.82 Å². The summed E-state index contributed by atoms with van der Waals surface area (Å²) in [5.41, 5.74) is 3.06. The molecule has 112 valence electrons. The third-order valence-corrected chi connectivity index (χ3v) is 3.35. The van der Waals surface area contributed by atoms with Gasteiger partial charge in [-0.05, 0) is 29.8 Å². The van der Waals surface area contributed by atoms with Crippen LogP contribution in [-0.2, 0) is 11.3 Å². The summed E-state index contributed by atoms with van der Waals surface area (Å²) in [6, 6.07) is 14.7. The van der Waals surface area contributed by atoms with E-state index in [2.05, 4.69) is 11.4 Å². The summed E-state index contributed by atoms with van der Waals surface area (Å²) < 4.78 is 18.4. The molecule has 0 atom stereocenters. The second kappa shape index (κ2) is 7.76. The Labute approximate surface area is 125 Å². The van der Waals surface area contributed by atoms with Crippen molar-refractivity contribution in [2.24, 2.45) is 0 Å². The van der Waals surface area contributed by atoms with Crippen molar-refractivity contribution in [3.05, 3.63) is 59.9 Å². The van der Waals surface area contributed by atoms with Gasteiger partial charge in [0.05, 0.1) is 6.61 Å². The SMILES string of the molecule is COCCNCc1ccccc1N(C)c1cccc(F)c1. The minimum Gasteiger partial charge on any atom is -0.383 e. The Kier molecular flexibility index (Phi) is 5.72. The van der Waals surface area contributed by atoms with Crippen molar-refractivity contribution >= 4 is 11.4 Å². The summed E-state index contributed by atoms with van der Waals surface area (Å²) in [4.78, 5) is 2.00. The topological polar surface area (TPSA) is 24.5 Å². The molecule has 0 amide bonds. The van der Waals surface area contributed by atoms with Crippen LogP contribution in [0.2, 0.25) is 0 Å². The van der Waals surface area contributed by atoms with Gasteiger partial charge in [0.25, 0.3) is 0 Å². The van der Waals surface area contributed by atoms with Gasteiger partial charge in [-0.3, -0.25) is 0 Å². The van der Waals surface area contributed by atoms with E-state index in [-0.39, 0.29) is 5.82 Å². The molecule has 3 nitrogen and oxygen atoms in total. The molecule has 4 heteroatoms. The van der Waals surface area contributed by atoms with Gasteiger partial charge in [0.15, 0.2) is 0 Å². The van der Waals surface area contributed by atoms with E-state index in [4.69, 9.17) is 4.74 Å². The van der Waals surface area contributed by atoms with Crippen LogP contribution in [0.25, 0.3) is 0 Å². The quantitative estimate of drug-likeness (QED) is 0.791. The monoisotopic (exact) mass is 288 g/mol. The summed E-state index contributed by atoms with van der Waals surface area (Å²) in [6.45, 7) is 2.23. The second-order valence-corrected chi connectivity index (χ2v) is 4.84.